The molecule has 9 heteroatoms. The molecule has 2 aromatic heterocycles. The summed E-state index contributed by atoms with van der Waals surface area (Å²) < 4.78 is 1.91. The van der Waals surface area contributed by atoms with Crippen LogP contribution in [0, 0.1) is 13.8 Å². The Morgan fingerprint density at radius 1 is 1.33 bits per heavy atom. The number of aromatic nitrogens is 3. The second-order valence-electron chi connectivity index (χ2n) is 7.33. The lowest BCUT2D eigenvalue weighted by molar-refractivity contribution is -0.128. The number of nitrogens with one attached hydrogen (secondary N) is 2. The number of halogens is 1. The monoisotopic (exact) mass is 527 g/mol. The zero-order chi connectivity index (χ0) is 21.4. The second kappa shape index (κ2) is 12.5. The molecule has 2 aromatic rings. The number of hydrogen-bond acceptors (Lipinski definition) is 4. The van der Waals surface area contributed by atoms with Crippen LogP contribution >= 0.6 is 24.0 Å². The lowest BCUT2D eigenvalue weighted by Gasteiger charge is -2.20. The summed E-state index contributed by atoms with van der Waals surface area (Å²) in [5.41, 5.74) is 4.44. The van der Waals surface area contributed by atoms with E-state index in [0.29, 0.717) is 12.5 Å². The first-order valence-corrected chi connectivity index (χ1v) is 9.92. The van der Waals surface area contributed by atoms with Crippen molar-refractivity contribution < 1.29 is 4.79 Å². The zero-order valence-corrected chi connectivity index (χ0v) is 21.1. The molecule has 0 aliphatic heterocycles. The predicted molar refractivity (Wildman–Crippen MR) is 131 cm³/mol. The minimum atomic E-state index is 0. The first-order chi connectivity index (χ1) is 13.8. The van der Waals surface area contributed by atoms with Crippen LogP contribution in [-0.4, -0.2) is 64.8 Å². The molecule has 8 nitrogen and oxygen atoms in total. The van der Waals surface area contributed by atoms with E-state index in [1.165, 1.54) is 11.3 Å². The zero-order valence-electron chi connectivity index (χ0n) is 18.8. The van der Waals surface area contributed by atoms with Gasteiger partial charge in [0.15, 0.2) is 5.96 Å². The van der Waals surface area contributed by atoms with Crippen LogP contribution in [0.3, 0.4) is 0 Å². The van der Waals surface area contributed by atoms with Crippen molar-refractivity contribution in [2.75, 3.05) is 27.2 Å². The number of likely N-dealkylation sites (N-methyl/N-ethyl adjacent to an activating group) is 1. The Morgan fingerprint density at radius 3 is 2.63 bits per heavy atom. The number of aliphatic imine (C=N–C) groups is 1. The highest BCUT2D eigenvalue weighted by Crippen LogP contribution is 2.14. The fourth-order valence-electron chi connectivity index (χ4n) is 3.15. The molecule has 0 radical (unpaired) electrons. The molecule has 30 heavy (non-hydrogen) atoms. The number of guanidine groups is 1. The fourth-order valence-corrected chi connectivity index (χ4v) is 3.15. The van der Waals surface area contributed by atoms with Crippen LogP contribution in [0.2, 0.25) is 0 Å². The molecule has 2 rings (SSSR count). The average Bonchev–Trinajstić information content (AvgIpc) is 2.95. The predicted octanol–water partition coefficient (Wildman–Crippen LogP) is 1.85. The van der Waals surface area contributed by atoms with Gasteiger partial charge in [0, 0.05) is 57.7 Å². The fraction of sp³-hybridized carbons (Fsp3) is 0.524. The summed E-state index contributed by atoms with van der Waals surface area (Å²) in [6.45, 7) is 7.02. The van der Waals surface area contributed by atoms with Gasteiger partial charge in [0.25, 0.3) is 0 Å². The van der Waals surface area contributed by atoms with E-state index in [9.17, 15) is 4.79 Å². The van der Waals surface area contributed by atoms with Gasteiger partial charge in [0.1, 0.15) is 0 Å². The van der Waals surface area contributed by atoms with Crippen LogP contribution in [-0.2, 0) is 24.7 Å². The summed E-state index contributed by atoms with van der Waals surface area (Å²) in [6.07, 6.45) is 3.34. The summed E-state index contributed by atoms with van der Waals surface area (Å²) in [5, 5.41) is 10.9. The number of pyridine rings is 1. The number of rotatable bonds is 8. The van der Waals surface area contributed by atoms with Crippen LogP contribution in [0.15, 0.2) is 29.4 Å². The maximum Gasteiger partial charge on any atom is 0.241 e. The van der Waals surface area contributed by atoms with E-state index < -0.39 is 0 Å². The minimum Gasteiger partial charge on any atom is -0.354 e. The van der Waals surface area contributed by atoms with Gasteiger partial charge in [0.2, 0.25) is 5.91 Å². The van der Waals surface area contributed by atoms with Gasteiger partial charge in [0.05, 0.1) is 12.2 Å². The largest absolute Gasteiger partial charge is 0.354 e. The number of hydrogen-bond donors (Lipinski definition) is 2. The number of carbonyl (C=O) groups excluding carboxylic acids is 1. The lowest BCUT2D eigenvalue weighted by Crippen LogP contribution is -2.47. The average molecular weight is 527 g/mol. The maximum atomic E-state index is 12.4. The van der Waals surface area contributed by atoms with Crippen molar-refractivity contribution in [2.45, 2.75) is 39.7 Å². The summed E-state index contributed by atoms with van der Waals surface area (Å²) >= 11 is 0. The van der Waals surface area contributed by atoms with E-state index in [0.717, 1.165) is 24.2 Å². The first kappa shape index (κ1) is 25.9. The topological polar surface area (TPSA) is 87.4 Å². The molecule has 0 aliphatic carbocycles. The van der Waals surface area contributed by atoms with Crippen molar-refractivity contribution in [1.82, 2.24) is 30.3 Å². The third-order valence-electron chi connectivity index (χ3n) is 5.04. The highest BCUT2D eigenvalue weighted by molar-refractivity contribution is 14.0. The molecule has 0 saturated carbocycles. The molecule has 2 N–H and O–H groups in total. The molecule has 2 heterocycles. The summed E-state index contributed by atoms with van der Waals surface area (Å²) in [5.74, 6) is 0.624. The summed E-state index contributed by atoms with van der Waals surface area (Å²) in [7, 11) is 5.47. The van der Waals surface area contributed by atoms with Gasteiger partial charge in [-0.2, -0.15) is 5.10 Å². The lowest BCUT2D eigenvalue weighted by atomic mass is 10.1. The molecular formula is C21H34IN7O. The first-order valence-electron chi connectivity index (χ1n) is 9.92. The number of nitrogens with zero attached hydrogens (tertiary/aromatic N) is 5. The van der Waals surface area contributed by atoms with Crippen molar-refractivity contribution >= 4 is 35.8 Å². The molecule has 166 valence electrons. The summed E-state index contributed by atoms with van der Waals surface area (Å²) in [4.78, 5) is 22.6. The van der Waals surface area contributed by atoms with Crippen molar-refractivity contribution in [3.8, 4) is 0 Å². The third kappa shape index (κ3) is 7.58. The maximum absolute atomic E-state index is 12.4. The van der Waals surface area contributed by atoms with Crippen LogP contribution in [0.4, 0.5) is 0 Å². The second-order valence-corrected chi connectivity index (χ2v) is 7.33. The Kier molecular flexibility index (Phi) is 10.8. The number of amides is 1. The molecule has 0 spiro atoms. The molecule has 0 bridgehead atoms. The number of carbonyl (C=O) groups is 1. The van der Waals surface area contributed by atoms with Gasteiger partial charge < -0.3 is 15.5 Å². The van der Waals surface area contributed by atoms with Crippen LogP contribution in [0.5, 0.6) is 0 Å². The Hall–Kier alpha value is -2.17. The van der Waals surface area contributed by atoms with Crippen molar-refractivity contribution in [3.05, 3.63) is 47.0 Å². The third-order valence-corrected chi connectivity index (χ3v) is 5.04. The van der Waals surface area contributed by atoms with Gasteiger partial charge in [-0.05, 0) is 44.9 Å². The van der Waals surface area contributed by atoms with Crippen molar-refractivity contribution in [1.29, 1.82) is 0 Å². The highest BCUT2D eigenvalue weighted by atomic mass is 127. The van der Waals surface area contributed by atoms with Gasteiger partial charge in [-0.3, -0.25) is 19.5 Å². The summed E-state index contributed by atoms with van der Waals surface area (Å²) in [6, 6.07) is 5.96. The highest BCUT2D eigenvalue weighted by Gasteiger charge is 2.15. The Morgan fingerprint density at radius 2 is 2.07 bits per heavy atom. The van der Waals surface area contributed by atoms with Crippen LogP contribution in [0.1, 0.15) is 29.6 Å². The van der Waals surface area contributed by atoms with E-state index in [2.05, 4.69) is 39.6 Å². The molecule has 1 amide bonds. The van der Waals surface area contributed by atoms with Crippen LogP contribution < -0.4 is 10.6 Å². The van der Waals surface area contributed by atoms with E-state index in [-0.39, 0.29) is 42.5 Å². The van der Waals surface area contributed by atoms with E-state index in [1.54, 1.807) is 25.2 Å². The molecule has 1 atom stereocenters. The molecule has 0 saturated heterocycles. The molecule has 0 fully saturated rings. The minimum absolute atomic E-state index is 0. The quantitative estimate of drug-likeness (QED) is 0.311. The molecule has 1 unspecified atom stereocenters. The normalized spacial score (nSPS) is 12.1. The van der Waals surface area contributed by atoms with Crippen LogP contribution in [0.25, 0.3) is 0 Å². The van der Waals surface area contributed by atoms with E-state index in [1.807, 2.05) is 36.9 Å². The van der Waals surface area contributed by atoms with E-state index in [4.69, 9.17) is 0 Å². The van der Waals surface area contributed by atoms with Crippen molar-refractivity contribution in [2.24, 2.45) is 12.0 Å². The number of aryl methyl sites for hydroxylation is 2. The van der Waals surface area contributed by atoms with E-state index >= 15 is 0 Å². The Balaban J connectivity index is 0.00000450. The SMILES string of the molecule is CN=C(NCC(=O)N(C)CCc1ccccn1)NC(C)Cc1c(C)nn(C)c1C.I. The Bertz CT molecular complexity index is 835. The van der Waals surface area contributed by atoms with Gasteiger partial charge in [-0.15, -0.1) is 24.0 Å². The Labute approximate surface area is 196 Å². The van der Waals surface area contributed by atoms with Gasteiger partial charge in [-0.25, -0.2) is 0 Å². The smallest absolute Gasteiger partial charge is 0.241 e. The van der Waals surface area contributed by atoms with Gasteiger partial charge >= 0.3 is 0 Å². The standard InChI is InChI=1S/C21H33N7O.HI/c1-15(13-19-16(2)26-28(6)17(19)3)25-21(22-4)24-14-20(29)27(5)12-10-18-9-7-8-11-23-18;/h7-9,11,15H,10,12-14H2,1-6H3,(H2,22,24,25);1H. The molecule has 0 aliphatic rings. The molecule has 0 aromatic carbocycles. The van der Waals surface area contributed by atoms with Crippen molar-refractivity contribution in [3.63, 3.8) is 0 Å². The van der Waals surface area contributed by atoms with Gasteiger partial charge in [-0.1, -0.05) is 6.07 Å². The molecular weight excluding hydrogens is 493 g/mol.